The molecule has 0 radical (unpaired) electrons. The Morgan fingerprint density at radius 2 is 1.65 bits per heavy atom. The van der Waals surface area contributed by atoms with Gasteiger partial charge in [-0.15, -0.1) is 12.4 Å². The molecule has 0 aliphatic heterocycles. The van der Waals surface area contributed by atoms with Gasteiger partial charge in [-0.05, 0) is 75.6 Å². The topological polar surface area (TPSA) is 84.2 Å². The number of nitrogens with two attached hydrogens (primary N) is 1. The molecule has 2 unspecified atom stereocenters. The van der Waals surface area contributed by atoms with Crippen molar-refractivity contribution in [3.63, 3.8) is 0 Å². The molecule has 4 N–H and O–H groups in total. The molecule has 2 fully saturated rings. The second-order valence-corrected chi connectivity index (χ2v) is 7.89. The van der Waals surface area contributed by atoms with Gasteiger partial charge in [0.1, 0.15) is 0 Å². The van der Waals surface area contributed by atoms with E-state index in [1.807, 2.05) is 13.8 Å². The highest BCUT2D eigenvalue weighted by atomic mass is 35.5. The Morgan fingerprint density at radius 1 is 1.08 bits per heavy atom. The molecular formula is C20H30ClN3O2. The molecule has 2 amide bonds. The maximum atomic E-state index is 12.6. The lowest BCUT2D eigenvalue weighted by Gasteiger charge is -2.43. The molecule has 2 saturated carbocycles. The molecule has 5 nitrogen and oxygen atoms in total. The van der Waals surface area contributed by atoms with E-state index in [0.717, 1.165) is 31.4 Å². The summed E-state index contributed by atoms with van der Waals surface area (Å²) >= 11 is 0. The SMILES string of the molecule is CC(C)NC(=O)c1ccc(NC(=O)C2CC3CCCC(C2)C3N)cc1.Cl. The van der Waals surface area contributed by atoms with E-state index in [-0.39, 0.29) is 42.2 Å². The fraction of sp³-hybridized carbons (Fsp3) is 0.600. The van der Waals surface area contributed by atoms with Crippen molar-refractivity contribution < 1.29 is 9.59 Å². The average Bonchev–Trinajstić information content (AvgIpc) is 2.54. The molecule has 1 aromatic carbocycles. The third kappa shape index (κ3) is 4.77. The van der Waals surface area contributed by atoms with Crippen LogP contribution in [0.3, 0.4) is 0 Å². The van der Waals surface area contributed by atoms with Gasteiger partial charge < -0.3 is 16.4 Å². The number of rotatable bonds is 4. The summed E-state index contributed by atoms with van der Waals surface area (Å²) in [6.07, 6.45) is 5.36. The number of carbonyl (C=O) groups is 2. The Kier molecular flexibility index (Phi) is 7.07. The predicted octanol–water partition coefficient (Wildman–Crippen LogP) is 3.34. The number of fused-ring (bicyclic) bond motifs is 2. The number of amides is 2. The van der Waals surface area contributed by atoms with Crippen LogP contribution < -0.4 is 16.4 Å². The van der Waals surface area contributed by atoms with Crippen LogP contribution in [-0.2, 0) is 4.79 Å². The summed E-state index contributed by atoms with van der Waals surface area (Å²) in [5.74, 6) is 1.03. The molecule has 0 aromatic heterocycles. The first kappa shape index (κ1) is 20.7. The minimum Gasteiger partial charge on any atom is -0.350 e. The van der Waals surface area contributed by atoms with Crippen molar-refractivity contribution in [2.75, 3.05) is 5.32 Å². The fourth-order valence-corrected chi connectivity index (χ4v) is 4.30. The van der Waals surface area contributed by atoms with Crippen LogP contribution in [-0.4, -0.2) is 23.9 Å². The monoisotopic (exact) mass is 379 g/mol. The Labute approximate surface area is 161 Å². The molecule has 2 bridgehead atoms. The summed E-state index contributed by atoms with van der Waals surface area (Å²) < 4.78 is 0. The second kappa shape index (κ2) is 8.87. The summed E-state index contributed by atoms with van der Waals surface area (Å²) in [6, 6.07) is 7.46. The first-order chi connectivity index (χ1) is 11.9. The van der Waals surface area contributed by atoms with Crippen molar-refractivity contribution in [1.82, 2.24) is 5.32 Å². The van der Waals surface area contributed by atoms with Gasteiger partial charge in [0.15, 0.2) is 0 Å². The van der Waals surface area contributed by atoms with Gasteiger partial charge in [0.25, 0.3) is 5.91 Å². The molecule has 26 heavy (non-hydrogen) atoms. The quantitative estimate of drug-likeness (QED) is 0.750. The van der Waals surface area contributed by atoms with E-state index >= 15 is 0 Å². The van der Waals surface area contributed by atoms with Crippen molar-refractivity contribution in [2.45, 2.75) is 58.0 Å². The van der Waals surface area contributed by atoms with Crippen LogP contribution in [0.25, 0.3) is 0 Å². The summed E-state index contributed by atoms with van der Waals surface area (Å²) in [6.45, 7) is 3.86. The summed E-state index contributed by atoms with van der Waals surface area (Å²) in [5, 5.41) is 5.87. The van der Waals surface area contributed by atoms with Crippen LogP contribution in [0.15, 0.2) is 24.3 Å². The largest absolute Gasteiger partial charge is 0.350 e. The molecular weight excluding hydrogens is 350 g/mol. The van der Waals surface area contributed by atoms with E-state index < -0.39 is 0 Å². The van der Waals surface area contributed by atoms with Gasteiger partial charge >= 0.3 is 0 Å². The molecule has 144 valence electrons. The van der Waals surface area contributed by atoms with Crippen LogP contribution in [0.5, 0.6) is 0 Å². The smallest absolute Gasteiger partial charge is 0.251 e. The minimum absolute atomic E-state index is 0. The van der Waals surface area contributed by atoms with Crippen LogP contribution in [0.4, 0.5) is 5.69 Å². The molecule has 1 aromatic rings. The zero-order valence-electron chi connectivity index (χ0n) is 15.5. The first-order valence-electron chi connectivity index (χ1n) is 9.41. The van der Waals surface area contributed by atoms with Crippen molar-refractivity contribution in [2.24, 2.45) is 23.5 Å². The van der Waals surface area contributed by atoms with Crippen LogP contribution in [0, 0.1) is 17.8 Å². The maximum absolute atomic E-state index is 12.6. The average molecular weight is 380 g/mol. The molecule has 2 atom stereocenters. The van der Waals surface area contributed by atoms with Crippen molar-refractivity contribution in [3.05, 3.63) is 29.8 Å². The molecule has 0 heterocycles. The summed E-state index contributed by atoms with van der Waals surface area (Å²) in [5.41, 5.74) is 7.65. The third-order valence-electron chi connectivity index (χ3n) is 5.62. The Balaban J connectivity index is 0.00000243. The number of benzene rings is 1. The molecule has 2 aliphatic carbocycles. The lowest BCUT2D eigenvalue weighted by Crippen LogP contribution is -2.48. The van der Waals surface area contributed by atoms with Crippen molar-refractivity contribution in [1.29, 1.82) is 0 Å². The molecule has 6 heteroatoms. The number of hydrogen-bond donors (Lipinski definition) is 3. The normalized spacial score (nSPS) is 27.4. The lowest BCUT2D eigenvalue weighted by atomic mass is 9.65. The van der Waals surface area contributed by atoms with E-state index in [4.69, 9.17) is 5.73 Å². The van der Waals surface area contributed by atoms with E-state index in [9.17, 15) is 9.59 Å². The van der Waals surface area contributed by atoms with Gasteiger partial charge in [0.2, 0.25) is 5.91 Å². The minimum atomic E-state index is -0.0954. The van der Waals surface area contributed by atoms with Crippen LogP contribution in [0.2, 0.25) is 0 Å². The first-order valence-corrected chi connectivity index (χ1v) is 9.41. The summed E-state index contributed by atoms with van der Waals surface area (Å²) in [4.78, 5) is 24.6. The number of anilines is 1. The third-order valence-corrected chi connectivity index (χ3v) is 5.62. The molecule has 0 saturated heterocycles. The predicted molar refractivity (Wildman–Crippen MR) is 106 cm³/mol. The fourth-order valence-electron chi connectivity index (χ4n) is 4.30. The Morgan fingerprint density at radius 3 is 2.19 bits per heavy atom. The van der Waals surface area contributed by atoms with Gasteiger partial charge in [-0.2, -0.15) is 0 Å². The van der Waals surface area contributed by atoms with Gasteiger partial charge in [-0.1, -0.05) is 6.42 Å². The highest BCUT2D eigenvalue weighted by Crippen LogP contribution is 2.42. The standard InChI is InChI=1S/C20H29N3O2.ClH/c1-12(2)22-19(24)13-6-8-17(9-7-13)23-20(25)16-10-14-4-3-5-15(11-16)18(14)21;/h6-9,12,14-16,18H,3-5,10-11,21H2,1-2H3,(H,22,24)(H,23,25);1H. The number of hydrogen-bond acceptors (Lipinski definition) is 3. The van der Waals surface area contributed by atoms with Crippen molar-refractivity contribution >= 4 is 29.9 Å². The molecule has 0 spiro atoms. The highest BCUT2D eigenvalue weighted by Gasteiger charge is 2.40. The van der Waals surface area contributed by atoms with Gasteiger partial charge in [-0.3, -0.25) is 9.59 Å². The van der Waals surface area contributed by atoms with E-state index in [1.54, 1.807) is 24.3 Å². The molecule has 3 rings (SSSR count). The Bertz CT molecular complexity index is 618. The van der Waals surface area contributed by atoms with E-state index in [2.05, 4.69) is 10.6 Å². The second-order valence-electron chi connectivity index (χ2n) is 7.89. The summed E-state index contributed by atoms with van der Waals surface area (Å²) in [7, 11) is 0. The van der Waals surface area contributed by atoms with E-state index in [0.29, 0.717) is 17.4 Å². The van der Waals surface area contributed by atoms with Gasteiger partial charge in [-0.25, -0.2) is 0 Å². The zero-order valence-corrected chi connectivity index (χ0v) is 16.4. The molecule has 2 aliphatic rings. The van der Waals surface area contributed by atoms with Gasteiger partial charge in [0.05, 0.1) is 0 Å². The number of carbonyl (C=O) groups excluding carboxylic acids is 2. The van der Waals surface area contributed by atoms with Gasteiger partial charge in [0, 0.05) is 29.3 Å². The number of halogens is 1. The zero-order chi connectivity index (χ0) is 18.0. The lowest BCUT2D eigenvalue weighted by molar-refractivity contribution is -0.122. The van der Waals surface area contributed by atoms with Crippen LogP contribution >= 0.6 is 12.4 Å². The van der Waals surface area contributed by atoms with E-state index in [1.165, 1.54) is 6.42 Å². The van der Waals surface area contributed by atoms with Crippen LogP contribution in [0.1, 0.15) is 56.3 Å². The highest BCUT2D eigenvalue weighted by molar-refractivity contribution is 5.96. The number of nitrogens with one attached hydrogen (secondary N) is 2. The van der Waals surface area contributed by atoms with Crippen molar-refractivity contribution in [3.8, 4) is 0 Å². The Hall–Kier alpha value is -1.59. The maximum Gasteiger partial charge on any atom is 0.251 e.